The molecule has 0 spiro atoms. The minimum absolute atomic E-state index is 0.261. The zero-order valence-corrected chi connectivity index (χ0v) is 24.9. The third-order valence-electron chi connectivity index (χ3n) is 7.43. The first-order valence-electron chi connectivity index (χ1n) is 13.0. The van der Waals surface area contributed by atoms with Gasteiger partial charge in [0.05, 0.1) is 33.3 Å². The number of piperidine rings is 1. The lowest BCUT2D eigenvalue weighted by Crippen LogP contribution is -2.42. The Morgan fingerprint density at radius 2 is 1.76 bits per heavy atom. The molecule has 5 aromatic rings. The minimum Gasteiger partial charge on any atom is -0.494 e. The molecule has 0 atom stereocenters. The summed E-state index contributed by atoms with van der Waals surface area (Å²) in [6.45, 7) is 1.77. The molecule has 1 aliphatic rings. The zero-order valence-electron chi connectivity index (χ0n) is 22.6. The molecule has 10 nitrogen and oxygen atoms in total. The van der Waals surface area contributed by atoms with Gasteiger partial charge in [0.1, 0.15) is 17.0 Å². The summed E-state index contributed by atoms with van der Waals surface area (Å²) < 4.78 is 8.69. The molecule has 6 rings (SSSR count). The quantitative estimate of drug-likeness (QED) is 0.262. The van der Waals surface area contributed by atoms with E-state index < -0.39 is 0 Å². The van der Waals surface area contributed by atoms with Crippen LogP contribution < -0.4 is 20.5 Å². The van der Waals surface area contributed by atoms with Crippen molar-refractivity contribution < 1.29 is 4.74 Å². The average Bonchev–Trinajstić information content (AvgIpc) is 3.44. The molecule has 41 heavy (non-hydrogen) atoms. The van der Waals surface area contributed by atoms with Crippen LogP contribution in [0.2, 0.25) is 15.1 Å². The van der Waals surface area contributed by atoms with Gasteiger partial charge in [0, 0.05) is 49.5 Å². The molecular weight excluding hydrogens is 587 g/mol. The fourth-order valence-electron chi connectivity index (χ4n) is 5.35. The molecular formula is C28H27Cl3N8O2. The molecule has 13 heteroatoms. The van der Waals surface area contributed by atoms with E-state index >= 15 is 0 Å². The lowest BCUT2D eigenvalue weighted by Gasteiger charge is -2.37. The Morgan fingerprint density at radius 1 is 1.02 bits per heavy atom. The number of nitrogens with zero attached hydrogens (tertiary/aromatic N) is 7. The number of imidazole rings is 1. The van der Waals surface area contributed by atoms with E-state index in [9.17, 15) is 4.79 Å². The Labute approximate surface area is 251 Å². The Morgan fingerprint density at radius 3 is 2.44 bits per heavy atom. The van der Waals surface area contributed by atoms with Gasteiger partial charge in [-0.3, -0.25) is 4.79 Å². The Bertz CT molecular complexity index is 1810. The lowest BCUT2D eigenvalue weighted by molar-refractivity contribution is 0.249. The maximum absolute atomic E-state index is 13.6. The van der Waals surface area contributed by atoms with Gasteiger partial charge in [-0.2, -0.15) is 0 Å². The van der Waals surface area contributed by atoms with Gasteiger partial charge in [-0.1, -0.05) is 40.9 Å². The standard InChI is InChI=1S/C28H27Cl3N8O2/c1-36(2)17-7-10-37(11-8-17)25-21(31)13-16(14-22(25)41-3)34-28-33-15-18-23(35-28)26-32-9-12-38(26)39(27(18)40)24-19(29)5-4-6-20(24)30/h4-6,9,12-15,17H,7-8,10-11H2,1-3H3,(H,33,34,35). The molecule has 0 aliphatic carbocycles. The largest absolute Gasteiger partial charge is 0.494 e. The molecule has 1 fully saturated rings. The van der Waals surface area contributed by atoms with Crippen LogP contribution in [0.1, 0.15) is 12.8 Å². The Hall–Kier alpha value is -3.57. The number of methoxy groups -OCH3 is 1. The number of fused-ring (bicyclic) bond motifs is 3. The second-order valence-corrected chi connectivity index (χ2v) is 11.3. The molecule has 212 valence electrons. The molecule has 2 aromatic carbocycles. The van der Waals surface area contributed by atoms with Crippen LogP contribution in [-0.2, 0) is 0 Å². The summed E-state index contributed by atoms with van der Waals surface area (Å²) in [5.74, 6) is 0.923. The van der Waals surface area contributed by atoms with Crippen LogP contribution in [0.4, 0.5) is 17.3 Å². The maximum atomic E-state index is 13.6. The van der Waals surface area contributed by atoms with Crippen molar-refractivity contribution in [2.24, 2.45) is 0 Å². The number of rotatable bonds is 6. The van der Waals surface area contributed by atoms with E-state index in [4.69, 9.17) is 39.5 Å². The number of halogens is 3. The number of hydrogen-bond donors (Lipinski definition) is 1. The van der Waals surface area contributed by atoms with Crippen molar-refractivity contribution in [2.75, 3.05) is 44.5 Å². The highest BCUT2D eigenvalue weighted by Gasteiger charge is 2.25. The number of ether oxygens (including phenoxy) is 1. The predicted molar refractivity (Wildman–Crippen MR) is 164 cm³/mol. The van der Waals surface area contributed by atoms with Gasteiger partial charge in [-0.25, -0.2) is 24.1 Å². The van der Waals surface area contributed by atoms with Crippen molar-refractivity contribution in [2.45, 2.75) is 18.9 Å². The van der Waals surface area contributed by atoms with Crippen molar-refractivity contribution in [3.8, 4) is 11.4 Å². The highest BCUT2D eigenvalue weighted by Crippen LogP contribution is 2.40. The number of para-hydroxylation sites is 1. The highest BCUT2D eigenvalue weighted by molar-refractivity contribution is 6.37. The smallest absolute Gasteiger partial charge is 0.281 e. The first-order valence-corrected chi connectivity index (χ1v) is 14.2. The number of hydrogen-bond acceptors (Lipinski definition) is 8. The van der Waals surface area contributed by atoms with Crippen LogP contribution in [0.5, 0.6) is 5.75 Å². The van der Waals surface area contributed by atoms with Crippen LogP contribution in [0, 0.1) is 0 Å². The molecule has 3 aromatic heterocycles. The summed E-state index contributed by atoms with van der Waals surface area (Å²) in [6.07, 6.45) is 6.78. The molecule has 0 unspecified atom stereocenters. The van der Waals surface area contributed by atoms with Crippen LogP contribution in [-0.4, -0.2) is 69.4 Å². The van der Waals surface area contributed by atoms with E-state index in [0.717, 1.165) is 31.6 Å². The van der Waals surface area contributed by atoms with Gasteiger partial charge in [0.15, 0.2) is 5.65 Å². The number of nitrogens with one attached hydrogen (secondary N) is 1. The van der Waals surface area contributed by atoms with E-state index in [1.54, 1.807) is 42.2 Å². The average molecular weight is 614 g/mol. The molecule has 1 aliphatic heterocycles. The molecule has 1 N–H and O–H groups in total. The molecule has 0 amide bonds. The summed E-state index contributed by atoms with van der Waals surface area (Å²) in [5, 5.41) is 4.67. The third kappa shape index (κ3) is 4.95. The fraction of sp³-hybridized carbons (Fsp3) is 0.286. The van der Waals surface area contributed by atoms with Gasteiger partial charge >= 0.3 is 0 Å². The summed E-state index contributed by atoms with van der Waals surface area (Å²) in [5.41, 5.74) is 2.28. The molecule has 0 saturated carbocycles. The normalized spacial score (nSPS) is 14.4. The van der Waals surface area contributed by atoms with Crippen molar-refractivity contribution in [1.29, 1.82) is 0 Å². The number of aromatic nitrogens is 5. The second kappa shape index (κ2) is 11.0. The minimum atomic E-state index is -0.390. The van der Waals surface area contributed by atoms with Gasteiger partial charge < -0.3 is 19.9 Å². The van der Waals surface area contributed by atoms with E-state index in [0.29, 0.717) is 49.4 Å². The van der Waals surface area contributed by atoms with Gasteiger partial charge in [0.2, 0.25) is 5.95 Å². The van der Waals surface area contributed by atoms with Gasteiger partial charge in [-0.15, -0.1) is 0 Å². The van der Waals surface area contributed by atoms with E-state index in [2.05, 4.69) is 44.2 Å². The van der Waals surface area contributed by atoms with Crippen molar-refractivity contribution in [3.05, 3.63) is 74.3 Å². The first-order chi connectivity index (χ1) is 19.8. The van der Waals surface area contributed by atoms with Crippen molar-refractivity contribution in [1.82, 2.24) is 29.0 Å². The number of benzene rings is 2. The van der Waals surface area contributed by atoms with Crippen LogP contribution >= 0.6 is 34.8 Å². The zero-order chi connectivity index (χ0) is 28.8. The Kier molecular flexibility index (Phi) is 7.41. The van der Waals surface area contributed by atoms with Crippen molar-refractivity contribution in [3.63, 3.8) is 0 Å². The lowest BCUT2D eigenvalue weighted by atomic mass is 10.0. The van der Waals surface area contributed by atoms with Crippen LogP contribution in [0.3, 0.4) is 0 Å². The SMILES string of the molecule is COc1cc(Nc2ncc3c(=O)n(-c4c(Cl)cccc4Cl)n4ccnc4c3n2)cc(Cl)c1N1CCC(N(C)C)CC1. The molecule has 4 heterocycles. The molecule has 0 bridgehead atoms. The summed E-state index contributed by atoms with van der Waals surface area (Å²) in [4.78, 5) is 31.7. The topological polar surface area (TPSA) is 92.8 Å². The highest BCUT2D eigenvalue weighted by atomic mass is 35.5. The summed E-state index contributed by atoms with van der Waals surface area (Å²) in [6, 6.07) is 9.30. The summed E-state index contributed by atoms with van der Waals surface area (Å²) >= 11 is 19.7. The van der Waals surface area contributed by atoms with E-state index in [-0.39, 0.29) is 16.9 Å². The molecule has 0 radical (unpaired) electrons. The summed E-state index contributed by atoms with van der Waals surface area (Å²) in [7, 11) is 5.86. The second-order valence-electron chi connectivity index (χ2n) is 10.1. The maximum Gasteiger partial charge on any atom is 0.281 e. The van der Waals surface area contributed by atoms with Crippen LogP contribution in [0.15, 0.2) is 53.7 Å². The van der Waals surface area contributed by atoms with E-state index in [1.165, 1.54) is 10.9 Å². The predicted octanol–water partition coefficient (Wildman–Crippen LogP) is 5.67. The first kappa shape index (κ1) is 27.6. The Balaban J connectivity index is 1.37. The van der Waals surface area contributed by atoms with Crippen LogP contribution in [0.25, 0.3) is 22.2 Å². The van der Waals surface area contributed by atoms with Gasteiger partial charge in [-0.05, 0) is 45.1 Å². The van der Waals surface area contributed by atoms with Crippen molar-refractivity contribution >= 4 is 68.7 Å². The third-order valence-corrected chi connectivity index (χ3v) is 8.32. The number of anilines is 3. The van der Waals surface area contributed by atoms with Gasteiger partial charge in [0.25, 0.3) is 5.56 Å². The molecule has 1 saturated heterocycles. The monoisotopic (exact) mass is 612 g/mol. The fourth-order valence-corrected chi connectivity index (χ4v) is 6.24. The van der Waals surface area contributed by atoms with E-state index in [1.807, 2.05) is 12.1 Å².